The molecule has 1 atom stereocenters. The Labute approximate surface area is 134 Å². The molecule has 6 heteroatoms. The Morgan fingerprint density at radius 3 is 2.83 bits per heavy atom. The number of benzene rings is 1. The Kier molecular flexibility index (Phi) is 3.90. The molecule has 0 saturated carbocycles. The maximum absolute atomic E-state index is 12.6. The van der Waals surface area contributed by atoms with Gasteiger partial charge in [0.25, 0.3) is 5.91 Å². The van der Waals surface area contributed by atoms with Crippen molar-refractivity contribution >= 4 is 16.8 Å². The van der Waals surface area contributed by atoms with E-state index in [-0.39, 0.29) is 11.9 Å². The summed E-state index contributed by atoms with van der Waals surface area (Å²) in [6.45, 7) is 8.64. The van der Waals surface area contributed by atoms with Crippen molar-refractivity contribution in [1.29, 1.82) is 0 Å². The van der Waals surface area contributed by atoms with Crippen LogP contribution in [-0.4, -0.2) is 31.7 Å². The number of fused-ring (bicyclic) bond motifs is 1. The van der Waals surface area contributed by atoms with Crippen molar-refractivity contribution in [1.82, 2.24) is 25.1 Å². The molecular formula is C17H21N5O. The van der Waals surface area contributed by atoms with E-state index in [1.165, 1.54) is 11.9 Å². The second-order valence-electron chi connectivity index (χ2n) is 6.12. The number of H-pyrrole nitrogens is 1. The van der Waals surface area contributed by atoms with Crippen molar-refractivity contribution in [3.05, 3.63) is 47.2 Å². The van der Waals surface area contributed by atoms with E-state index in [9.17, 15) is 4.79 Å². The number of amides is 1. The Balaban J connectivity index is 1.83. The van der Waals surface area contributed by atoms with Gasteiger partial charge in [0, 0.05) is 16.9 Å². The third kappa shape index (κ3) is 2.97. The highest BCUT2D eigenvalue weighted by Gasteiger charge is 2.18. The third-order valence-electron chi connectivity index (χ3n) is 4.04. The molecule has 0 spiro atoms. The molecule has 3 rings (SSSR count). The molecule has 120 valence electrons. The standard InChI is InChI=1S/C17H21N5O/c1-10-5-11(2)15-14(6-10)13(4)16(21-15)17(23)20-12(3)7-22-9-18-8-19-22/h5-6,8-9,12,21H,7H2,1-4H3,(H,20,23). The molecule has 0 fully saturated rings. The zero-order valence-corrected chi connectivity index (χ0v) is 13.8. The molecule has 0 saturated heterocycles. The van der Waals surface area contributed by atoms with E-state index in [0.29, 0.717) is 12.2 Å². The van der Waals surface area contributed by atoms with Crippen LogP contribution in [0.5, 0.6) is 0 Å². The minimum absolute atomic E-state index is 0.0437. The average molecular weight is 311 g/mol. The first kappa shape index (κ1) is 15.3. The Hall–Kier alpha value is -2.63. The predicted molar refractivity (Wildman–Crippen MR) is 89.5 cm³/mol. The predicted octanol–water partition coefficient (Wildman–Crippen LogP) is 2.50. The largest absolute Gasteiger partial charge is 0.350 e. The molecule has 0 aliphatic carbocycles. The van der Waals surface area contributed by atoms with Gasteiger partial charge in [-0.3, -0.25) is 9.48 Å². The summed E-state index contributed by atoms with van der Waals surface area (Å²) in [7, 11) is 0. The van der Waals surface area contributed by atoms with Crippen molar-refractivity contribution in [3.63, 3.8) is 0 Å². The average Bonchev–Trinajstić information content (AvgIpc) is 3.08. The summed E-state index contributed by atoms with van der Waals surface area (Å²) in [6.07, 6.45) is 3.13. The fraction of sp³-hybridized carbons (Fsp3) is 0.353. The van der Waals surface area contributed by atoms with Gasteiger partial charge in [-0.25, -0.2) is 4.98 Å². The van der Waals surface area contributed by atoms with E-state index in [0.717, 1.165) is 22.0 Å². The first-order valence-corrected chi connectivity index (χ1v) is 7.68. The number of carbonyl (C=O) groups excluding carboxylic acids is 1. The molecule has 1 unspecified atom stereocenters. The van der Waals surface area contributed by atoms with Gasteiger partial charge in [-0.1, -0.05) is 11.6 Å². The summed E-state index contributed by atoms with van der Waals surface area (Å²) >= 11 is 0. The number of aryl methyl sites for hydroxylation is 3. The SMILES string of the molecule is Cc1cc(C)c2[nH]c(C(=O)NC(C)Cn3cncn3)c(C)c2c1. The van der Waals surface area contributed by atoms with Gasteiger partial charge in [0.2, 0.25) is 0 Å². The Morgan fingerprint density at radius 2 is 2.13 bits per heavy atom. The zero-order chi connectivity index (χ0) is 16.6. The lowest BCUT2D eigenvalue weighted by Crippen LogP contribution is -2.36. The normalized spacial score (nSPS) is 12.5. The van der Waals surface area contributed by atoms with Gasteiger partial charge < -0.3 is 10.3 Å². The van der Waals surface area contributed by atoms with Crippen molar-refractivity contribution in [2.45, 2.75) is 40.3 Å². The van der Waals surface area contributed by atoms with Gasteiger partial charge in [-0.2, -0.15) is 5.10 Å². The van der Waals surface area contributed by atoms with Crippen LogP contribution in [-0.2, 0) is 6.54 Å². The van der Waals surface area contributed by atoms with Gasteiger partial charge in [-0.05, 0) is 44.9 Å². The number of hydrogen-bond acceptors (Lipinski definition) is 3. The van der Waals surface area contributed by atoms with Crippen LogP contribution in [0.3, 0.4) is 0 Å². The molecule has 1 amide bonds. The van der Waals surface area contributed by atoms with Crippen LogP contribution < -0.4 is 5.32 Å². The first-order valence-electron chi connectivity index (χ1n) is 7.68. The van der Waals surface area contributed by atoms with Crippen LogP contribution in [0.25, 0.3) is 10.9 Å². The number of aromatic amines is 1. The van der Waals surface area contributed by atoms with Gasteiger partial charge in [0.1, 0.15) is 18.3 Å². The maximum atomic E-state index is 12.6. The minimum atomic E-state index is -0.0941. The fourth-order valence-corrected chi connectivity index (χ4v) is 2.96. The summed E-state index contributed by atoms with van der Waals surface area (Å²) in [5, 5.41) is 8.18. The molecule has 2 heterocycles. The van der Waals surface area contributed by atoms with E-state index in [1.54, 1.807) is 11.0 Å². The molecule has 6 nitrogen and oxygen atoms in total. The molecule has 0 aliphatic rings. The topological polar surface area (TPSA) is 75.6 Å². The molecule has 0 radical (unpaired) electrons. The first-order chi connectivity index (χ1) is 11.0. The highest BCUT2D eigenvalue weighted by atomic mass is 16.2. The molecule has 0 bridgehead atoms. The summed E-state index contributed by atoms with van der Waals surface area (Å²) in [5.41, 5.74) is 4.99. The molecule has 23 heavy (non-hydrogen) atoms. The van der Waals surface area contributed by atoms with Crippen LogP contribution in [0.1, 0.15) is 34.1 Å². The van der Waals surface area contributed by atoms with E-state index < -0.39 is 0 Å². The van der Waals surface area contributed by atoms with Crippen LogP contribution in [0.4, 0.5) is 0 Å². The highest BCUT2D eigenvalue weighted by Crippen LogP contribution is 2.26. The van der Waals surface area contributed by atoms with Crippen molar-refractivity contribution in [3.8, 4) is 0 Å². The van der Waals surface area contributed by atoms with Gasteiger partial charge in [-0.15, -0.1) is 0 Å². The maximum Gasteiger partial charge on any atom is 0.268 e. The second kappa shape index (κ2) is 5.87. The molecule has 0 aliphatic heterocycles. The number of rotatable bonds is 4. The number of nitrogens with one attached hydrogen (secondary N) is 2. The van der Waals surface area contributed by atoms with Crippen molar-refractivity contribution < 1.29 is 4.79 Å². The van der Waals surface area contributed by atoms with E-state index in [2.05, 4.69) is 46.4 Å². The lowest BCUT2D eigenvalue weighted by molar-refractivity contribution is 0.0931. The summed E-state index contributed by atoms with van der Waals surface area (Å²) in [5.74, 6) is -0.0941. The number of aromatic nitrogens is 4. The molecule has 2 aromatic heterocycles. The third-order valence-corrected chi connectivity index (χ3v) is 4.04. The Bertz CT molecular complexity index is 848. The van der Waals surface area contributed by atoms with Crippen LogP contribution in [0.15, 0.2) is 24.8 Å². The second-order valence-corrected chi connectivity index (χ2v) is 6.12. The minimum Gasteiger partial charge on any atom is -0.350 e. The van der Waals surface area contributed by atoms with Crippen LogP contribution >= 0.6 is 0 Å². The molecule has 2 N–H and O–H groups in total. The molecular weight excluding hydrogens is 290 g/mol. The van der Waals surface area contributed by atoms with Crippen LogP contribution in [0, 0.1) is 20.8 Å². The Morgan fingerprint density at radius 1 is 1.35 bits per heavy atom. The number of nitrogens with zero attached hydrogens (tertiary/aromatic N) is 3. The molecule has 1 aromatic carbocycles. The number of hydrogen-bond donors (Lipinski definition) is 2. The van der Waals surface area contributed by atoms with Gasteiger partial charge in [0.15, 0.2) is 0 Å². The monoisotopic (exact) mass is 311 g/mol. The number of carbonyl (C=O) groups is 1. The molecule has 3 aromatic rings. The van der Waals surface area contributed by atoms with E-state index >= 15 is 0 Å². The smallest absolute Gasteiger partial charge is 0.268 e. The van der Waals surface area contributed by atoms with Crippen LogP contribution in [0.2, 0.25) is 0 Å². The highest BCUT2D eigenvalue weighted by molar-refractivity contribution is 6.01. The van der Waals surface area contributed by atoms with E-state index in [4.69, 9.17) is 0 Å². The summed E-state index contributed by atoms with van der Waals surface area (Å²) in [4.78, 5) is 19.8. The lowest BCUT2D eigenvalue weighted by atomic mass is 10.1. The quantitative estimate of drug-likeness (QED) is 0.777. The van der Waals surface area contributed by atoms with Crippen molar-refractivity contribution in [2.75, 3.05) is 0 Å². The van der Waals surface area contributed by atoms with Crippen molar-refractivity contribution in [2.24, 2.45) is 0 Å². The zero-order valence-electron chi connectivity index (χ0n) is 13.8. The van der Waals surface area contributed by atoms with Gasteiger partial charge >= 0.3 is 0 Å². The van der Waals surface area contributed by atoms with Gasteiger partial charge in [0.05, 0.1) is 6.54 Å². The summed E-state index contributed by atoms with van der Waals surface area (Å²) in [6, 6.07) is 4.19. The fourth-order valence-electron chi connectivity index (χ4n) is 2.96. The summed E-state index contributed by atoms with van der Waals surface area (Å²) < 4.78 is 1.70. The lowest BCUT2D eigenvalue weighted by Gasteiger charge is -2.13. The van der Waals surface area contributed by atoms with E-state index in [1.807, 2.05) is 13.8 Å².